The highest BCUT2D eigenvalue weighted by atomic mass is 32.1. The van der Waals surface area contributed by atoms with E-state index in [2.05, 4.69) is 15.0 Å². The van der Waals surface area contributed by atoms with Crippen LogP contribution in [0.5, 0.6) is 0 Å². The highest BCUT2D eigenvalue weighted by Crippen LogP contribution is 2.16. The van der Waals surface area contributed by atoms with Crippen LogP contribution < -0.4 is 0 Å². The van der Waals surface area contributed by atoms with Crippen molar-refractivity contribution in [3.63, 3.8) is 0 Å². The number of esters is 1. The second-order valence-corrected chi connectivity index (χ2v) is 5.57. The maximum Gasteiger partial charge on any atom is 0.367 e. The van der Waals surface area contributed by atoms with Crippen molar-refractivity contribution in [1.82, 2.24) is 15.0 Å². The number of aromatic nitrogens is 2. The van der Waals surface area contributed by atoms with Gasteiger partial charge in [0.05, 0.1) is 12.3 Å². The van der Waals surface area contributed by atoms with Gasteiger partial charge in [-0.2, -0.15) is 0 Å². The van der Waals surface area contributed by atoms with E-state index >= 15 is 0 Å². The van der Waals surface area contributed by atoms with E-state index in [1.165, 1.54) is 11.3 Å². The van der Waals surface area contributed by atoms with E-state index in [4.69, 9.17) is 9.26 Å². The molecule has 0 amide bonds. The van der Waals surface area contributed by atoms with Gasteiger partial charge in [0, 0.05) is 30.2 Å². The Bertz CT molecular complexity index is 579. The summed E-state index contributed by atoms with van der Waals surface area (Å²) in [7, 11) is 1.98. The molecule has 0 unspecified atom stereocenters. The molecular formula is C13H17N3O3S. The summed E-state index contributed by atoms with van der Waals surface area (Å²) in [5.74, 6) is 0.439. The molecule has 0 saturated carbocycles. The average Bonchev–Trinajstić information content (AvgIpc) is 2.99. The van der Waals surface area contributed by atoms with Gasteiger partial charge >= 0.3 is 5.97 Å². The smallest absolute Gasteiger partial charge is 0.367 e. The first-order chi connectivity index (χ1) is 9.58. The van der Waals surface area contributed by atoms with Gasteiger partial charge in [0.15, 0.2) is 0 Å². The normalized spacial score (nSPS) is 11.0. The molecule has 2 aromatic heterocycles. The lowest BCUT2D eigenvalue weighted by Crippen LogP contribution is -2.16. The highest BCUT2D eigenvalue weighted by Gasteiger charge is 2.13. The van der Waals surface area contributed by atoms with Crippen molar-refractivity contribution in [1.29, 1.82) is 0 Å². The quantitative estimate of drug-likeness (QED) is 0.761. The van der Waals surface area contributed by atoms with Crippen molar-refractivity contribution >= 4 is 17.3 Å². The topological polar surface area (TPSA) is 68.5 Å². The van der Waals surface area contributed by atoms with Crippen LogP contribution in [0.15, 0.2) is 16.8 Å². The summed E-state index contributed by atoms with van der Waals surface area (Å²) in [5.41, 5.74) is 0.889. The number of carbonyl (C=O) groups is 1. The fourth-order valence-corrected chi connectivity index (χ4v) is 2.65. The maximum absolute atomic E-state index is 11.5. The largest absolute Gasteiger partial charge is 0.461 e. The van der Waals surface area contributed by atoms with E-state index in [-0.39, 0.29) is 5.97 Å². The lowest BCUT2D eigenvalue weighted by atomic mass is 10.3. The molecule has 0 radical (unpaired) electrons. The fraction of sp³-hybridized carbons (Fsp3) is 0.462. The third kappa shape index (κ3) is 3.88. The molecule has 0 aromatic carbocycles. The van der Waals surface area contributed by atoms with E-state index in [1.807, 2.05) is 20.0 Å². The molecule has 0 saturated heterocycles. The van der Waals surface area contributed by atoms with E-state index in [0.29, 0.717) is 24.7 Å². The zero-order valence-electron chi connectivity index (χ0n) is 11.8. The summed E-state index contributed by atoms with van der Waals surface area (Å²) in [4.78, 5) is 18.7. The Morgan fingerprint density at radius 1 is 1.50 bits per heavy atom. The van der Waals surface area contributed by atoms with Gasteiger partial charge in [-0.1, -0.05) is 5.16 Å². The predicted molar refractivity (Wildman–Crippen MR) is 74.5 cm³/mol. The van der Waals surface area contributed by atoms with Crippen molar-refractivity contribution in [2.24, 2.45) is 0 Å². The Kier molecular flexibility index (Phi) is 4.86. The number of ether oxygens (including phenoxy) is 1. The number of aryl methyl sites for hydroxylation is 1. The number of hydrogen-bond acceptors (Lipinski definition) is 7. The summed E-state index contributed by atoms with van der Waals surface area (Å²) in [5, 5.41) is 4.35. The lowest BCUT2D eigenvalue weighted by molar-refractivity contribution is 0.0526. The van der Waals surface area contributed by atoms with Crippen LogP contribution in [0.3, 0.4) is 0 Å². The molecule has 7 heteroatoms. The van der Waals surface area contributed by atoms with E-state index in [0.717, 1.165) is 16.3 Å². The minimum Gasteiger partial charge on any atom is -0.461 e. The standard InChI is InChI=1S/C13H17N3O3S/c1-4-18-13(17)12-14-6-11(20-12)8-16(3)7-10-5-9(2)19-15-10/h5-6H,4,7-8H2,1-3H3. The van der Waals surface area contributed by atoms with Crippen LogP contribution in [0.25, 0.3) is 0 Å². The minimum absolute atomic E-state index is 0.360. The predicted octanol–water partition coefficient (Wildman–Crippen LogP) is 2.25. The molecule has 0 fully saturated rings. The highest BCUT2D eigenvalue weighted by molar-refractivity contribution is 7.13. The molecule has 0 spiro atoms. The maximum atomic E-state index is 11.5. The monoisotopic (exact) mass is 295 g/mol. The lowest BCUT2D eigenvalue weighted by Gasteiger charge is -2.12. The van der Waals surface area contributed by atoms with Crippen molar-refractivity contribution in [3.8, 4) is 0 Å². The molecule has 20 heavy (non-hydrogen) atoms. The molecule has 0 atom stereocenters. The summed E-state index contributed by atoms with van der Waals surface area (Å²) < 4.78 is 9.95. The molecule has 108 valence electrons. The summed E-state index contributed by atoms with van der Waals surface area (Å²) in [6, 6.07) is 1.91. The van der Waals surface area contributed by atoms with Gasteiger partial charge in [-0.15, -0.1) is 11.3 Å². The molecule has 0 bridgehead atoms. The van der Waals surface area contributed by atoms with Crippen molar-refractivity contribution < 1.29 is 14.1 Å². The van der Waals surface area contributed by atoms with Gasteiger partial charge < -0.3 is 9.26 Å². The number of nitrogens with zero attached hydrogens (tertiary/aromatic N) is 3. The second-order valence-electron chi connectivity index (χ2n) is 4.45. The third-order valence-corrected chi connectivity index (χ3v) is 3.50. The summed E-state index contributed by atoms with van der Waals surface area (Å²) >= 11 is 1.35. The number of hydrogen-bond donors (Lipinski definition) is 0. The van der Waals surface area contributed by atoms with Crippen LogP contribution in [0.2, 0.25) is 0 Å². The van der Waals surface area contributed by atoms with Crippen LogP contribution in [-0.4, -0.2) is 34.7 Å². The van der Waals surface area contributed by atoms with Gasteiger partial charge in [-0.3, -0.25) is 4.90 Å². The molecule has 0 N–H and O–H groups in total. The summed E-state index contributed by atoms with van der Waals surface area (Å²) in [6.45, 7) is 5.39. The van der Waals surface area contributed by atoms with Gasteiger partial charge in [-0.25, -0.2) is 9.78 Å². The number of thiazole rings is 1. The van der Waals surface area contributed by atoms with Gasteiger partial charge in [0.25, 0.3) is 0 Å². The Hall–Kier alpha value is -1.73. The van der Waals surface area contributed by atoms with Gasteiger partial charge in [-0.05, 0) is 20.9 Å². The molecule has 2 rings (SSSR count). The zero-order chi connectivity index (χ0) is 14.5. The Morgan fingerprint density at radius 3 is 2.95 bits per heavy atom. The van der Waals surface area contributed by atoms with Crippen LogP contribution in [0, 0.1) is 6.92 Å². The van der Waals surface area contributed by atoms with Crippen molar-refractivity contribution in [3.05, 3.63) is 33.6 Å². The molecule has 0 aliphatic rings. The van der Waals surface area contributed by atoms with Crippen molar-refractivity contribution in [2.75, 3.05) is 13.7 Å². The first kappa shape index (κ1) is 14.7. The molecule has 0 aliphatic carbocycles. The molecule has 2 aromatic rings. The van der Waals surface area contributed by atoms with Crippen LogP contribution in [0.1, 0.15) is 33.1 Å². The van der Waals surface area contributed by atoms with Crippen molar-refractivity contribution in [2.45, 2.75) is 26.9 Å². The molecule has 6 nitrogen and oxygen atoms in total. The zero-order valence-corrected chi connectivity index (χ0v) is 12.6. The second kappa shape index (κ2) is 6.62. The molecular weight excluding hydrogens is 278 g/mol. The first-order valence-corrected chi connectivity index (χ1v) is 7.12. The van der Waals surface area contributed by atoms with E-state index < -0.39 is 0 Å². The van der Waals surface area contributed by atoms with E-state index in [9.17, 15) is 4.79 Å². The average molecular weight is 295 g/mol. The van der Waals surface area contributed by atoms with Gasteiger partial charge in [0.1, 0.15) is 5.76 Å². The SMILES string of the molecule is CCOC(=O)c1ncc(CN(C)Cc2cc(C)on2)s1. The Morgan fingerprint density at radius 2 is 2.30 bits per heavy atom. The Balaban J connectivity index is 1.91. The molecule has 0 aliphatic heterocycles. The van der Waals surface area contributed by atoms with Crippen LogP contribution >= 0.6 is 11.3 Å². The van der Waals surface area contributed by atoms with Crippen LogP contribution in [0.4, 0.5) is 0 Å². The third-order valence-electron chi connectivity index (χ3n) is 2.54. The minimum atomic E-state index is -0.362. The Labute approximate surface area is 121 Å². The number of carbonyl (C=O) groups excluding carboxylic acids is 1. The fourth-order valence-electron chi connectivity index (χ4n) is 1.76. The summed E-state index contributed by atoms with van der Waals surface area (Å²) in [6.07, 6.45) is 1.71. The first-order valence-electron chi connectivity index (χ1n) is 6.31. The van der Waals surface area contributed by atoms with Crippen LogP contribution in [-0.2, 0) is 17.8 Å². The molecule has 2 heterocycles. The number of rotatable bonds is 6. The van der Waals surface area contributed by atoms with Gasteiger partial charge in [0.2, 0.25) is 5.01 Å². The van der Waals surface area contributed by atoms with E-state index in [1.54, 1.807) is 13.1 Å².